The van der Waals surface area contributed by atoms with Crippen molar-refractivity contribution < 1.29 is 9.53 Å². The molecule has 33 heavy (non-hydrogen) atoms. The maximum atomic E-state index is 12.5. The highest BCUT2D eigenvalue weighted by Crippen LogP contribution is 2.34. The lowest BCUT2D eigenvalue weighted by molar-refractivity contribution is 0.250. The molecule has 1 aromatic heterocycles. The first-order valence-electron chi connectivity index (χ1n) is 11.4. The first-order chi connectivity index (χ1) is 15.9. The largest absolute Gasteiger partial charge is 0.497 e. The molecule has 2 unspecified atom stereocenters. The summed E-state index contributed by atoms with van der Waals surface area (Å²) in [4.78, 5) is 12.5. The van der Waals surface area contributed by atoms with Crippen LogP contribution in [0, 0.1) is 13.8 Å². The summed E-state index contributed by atoms with van der Waals surface area (Å²) in [5, 5.41) is 10.8. The minimum absolute atomic E-state index is 0.0271. The molecule has 0 bridgehead atoms. The number of carbonyl (C=O) groups excluding carboxylic acids is 1. The van der Waals surface area contributed by atoms with Gasteiger partial charge in [0.25, 0.3) is 0 Å². The lowest BCUT2D eigenvalue weighted by Crippen LogP contribution is -2.36. The van der Waals surface area contributed by atoms with Gasteiger partial charge in [0.2, 0.25) is 0 Å². The molecule has 0 radical (unpaired) electrons. The molecular weight excluding hydrogens is 412 g/mol. The van der Waals surface area contributed by atoms with Gasteiger partial charge in [-0.3, -0.25) is 0 Å². The Balaban J connectivity index is 1.41. The molecule has 1 aliphatic rings. The lowest BCUT2D eigenvalue weighted by Gasteiger charge is -2.15. The van der Waals surface area contributed by atoms with Gasteiger partial charge in [-0.2, -0.15) is 5.10 Å². The molecular formula is C27H32N4O2. The number of nitrogens with zero attached hydrogens (tertiary/aromatic N) is 2. The third-order valence-corrected chi connectivity index (χ3v) is 6.27. The van der Waals surface area contributed by atoms with E-state index in [2.05, 4.69) is 74.7 Å². The number of urea groups is 1. The number of benzene rings is 2. The van der Waals surface area contributed by atoms with E-state index >= 15 is 0 Å². The fraction of sp³-hybridized carbons (Fsp3) is 0.333. The minimum atomic E-state index is -0.218. The van der Waals surface area contributed by atoms with Gasteiger partial charge in [-0.15, -0.1) is 0 Å². The van der Waals surface area contributed by atoms with Crippen molar-refractivity contribution in [1.29, 1.82) is 0 Å². The maximum Gasteiger partial charge on any atom is 0.319 e. The summed E-state index contributed by atoms with van der Waals surface area (Å²) in [6, 6.07) is 15.7. The summed E-state index contributed by atoms with van der Waals surface area (Å²) in [7, 11) is 1.62. The quantitative estimate of drug-likeness (QED) is 0.468. The Hall–Kier alpha value is -3.54. The van der Waals surface area contributed by atoms with Gasteiger partial charge in [-0.25, -0.2) is 9.48 Å². The fourth-order valence-electron chi connectivity index (χ4n) is 4.47. The molecule has 0 saturated carbocycles. The van der Waals surface area contributed by atoms with E-state index in [0.29, 0.717) is 5.92 Å². The van der Waals surface area contributed by atoms with E-state index in [1.54, 1.807) is 7.11 Å². The van der Waals surface area contributed by atoms with Crippen molar-refractivity contribution in [2.24, 2.45) is 0 Å². The van der Waals surface area contributed by atoms with Crippen molar-refractivity contribution in [3.63, 3.8) is 0 Å². The van der Waals surface area contributed by atoms with Crippen molar-refractivity contribution in [2.45, 2.75) is 52.0 Å². The first-order valence-corrected chi connectivity index (χ1v) is 11.4. The van der Waals surface area contributed by atoms with Gasteiger partial charge >= 0.3 is 6.03 Å². The smallest absolute Gasteiger partial charge is 0.319 e. The number of amides is 2. The third-order valence-electron chi connectivity index (χ3n) is 6.27. The van der Waals surface area contributed by atoms with Crippen LogP contribution in [0.3, 0.4) is 0 Å². The highest BCUT2D eigenvalue weighted by atomic mass is 16.5. The van der Waals surface area contributed by atoms with E-state index in [4.69, 9.17) is 9.84 Å². The molecule has 0 spiro atoms. The van der Waals surface area contributed by atoms with Crippen LogP contribution in [0.1, 0.15) is 54.6 Å². The Morgan fingerprint density at radius 1 is 1.06 bits per heavy atom. The number of carbonyl (C=O) groups is 1. The monoisotopic (exact) mass is 444 g/mol. The second kappa shape index (κ2) is 9.53. The van der Waals surface area contributed by atoms with E-state index in [1.165, 1.54) is 11.1 Å². The Labute approximate surface area is 195 Å². The number of anilines is 1. The summed E-state index contributed by atoms with van der Waals surface area (Å²) >= 11 is 0. The number of rotatable bonds is 6. The predicted molar refractivity (Wildman–Crippen MR) is 133 cm³/mol. The summed E-state index contributed by atoms with van der Waals surface area (Å²) < 4.78 is 7.18. The summed E-state index contributed by atoms with van der Waals surface area (Å²) in [5.41, 5.74) is 6.52. The molecule has 3 aromatic rings. The van der Waals surface area contributed by atoms with Crippen LogP contribution in [0.25, 0.3) is 5.69 Å². The van der Waals surface area contributed by atoms with Gasteiger partial charge in [-0.1, -0.05) is 38.1 Å². The zero-order valence-electron chi connectivity index (χ0n) is 19.9. The average Bonchev–Trinajstić information content (AvgIpc) is 3.37. The third kappa shape index (κ3) is 4.95. The molecule has 2 amide bonds. The highest BCUT2D eigenvalue weighted by Gasteiger charge is 2.27. The van der Waals surface area contributed by atoms with Gasteiger partial charge in [0.05, 0.1) is 18.5 Å². The summed E-state index contributed by atoms with van der Waals surface area (Å²) in [6.45, 7) is 8.58. The number of nitrogens with one attached hydrogen (secondary N) is 2. The number of methoxy groups -OCH3 is 1. The van der Waals surface area contributed by atoms with Crippen molar-refractivity contribution in [3.05, 3.63) is 83.2 Å². The van der Waals surface area contributed by atoms with E-state index in [0.717, 1.165) is 34.9 Å². The molecule has 0 saturated heterocycles. The van der Waals surface area contributed by atoms with Crippen LogP contribution in [0.4, 0.5) is 10.5 Å². The molecule has 1 aliphatic carbocycles. The van der Waals surface area contributed by atoms with Gasteiger partial charge < -0.3 is 15.4 Å². The van der Waals surface area contributed by atoms with Crippen LogP contribution < -0.4 is 15.4 Å². The zero-order valence-corrected chi connectivity index (χ0v) is 19.9. The number of hydrogen-bond acceptors (Lipinski definition) is 3. The molecule has 6 heteroatoms. The van der Waals surface area contributed by atoms with E-state index in [1.807, 2.05) is 28.9 Å². The first kappa shape index (κ1) is 22.6. The minimum Gasteiger partial charge on any atom is -0.497 e. The Kier molecular flexibility index (Phi) is 6.54. The van der Waals surface area contributed by atoms with Gasteiger partial charge in [0.15, 0.2) is 0 Å². The maximum absolute atomic E-state index is 12.5. The predicted octanol–water partition coefficient (Wildman–Crippen LogP) is 5.85. The molecule has 2 N–H and O–H groups in total. The van der Waals surface area contributed by atoms with Crippen LogP contribution in [0.5, 0.6) is 5.75 Å². The average molecular weight is 445 g/mol. The highest BCUT2D eigenvalue weighted by molar-refractivity contribution is 5.89. The number of allylic oxidation sites excluding steroid dienone is 1. The van der Waals surface area contributed by atoms with E-state index in [9.17, 15) is 4.79 Å². The number of aryl methyl sites for hydroxylation is 1. The SMILES string of the molecule is COc1ccc(NC(=O)NC2C=CC(c3c(C)nn(-c4ccc(C(C)C)cc4)c3C)C2)cc1. The number of hydrogen-bond donors (Lipinski definition) is 2. The number of aromatic nitrogens is 2. The molecule has 0 fully saturated rings. The topological polar surface area (TPSA) is 68.2 Å². The molecule has 2 aromatic carbocycles. The van der Waals surface area contributed by atoms with Crippen LogP contribution >= 0.6 is 0 Å². The lowest BCUT2D eigenvalue weighted by atomic mass is 9.96. The van der Waals surface area contributed by atoms with Crippen LogP contribution in [0.2, 0.25) is 0 Å². The van der Waals surface area contributed by atoms with Crippen molar-refractivity contribution in [3.8, 4) is 11.4 Å². The zero-order chi connectivity index (χ0) is 23.5. The molecule has 6 nitrogen and oxygen atoms in total. The normalized spacial score (nSPS) is 17.4. The van der Waals surface area contributed by atoms with Crippen LogP contribution in [-0.4, -0.2) is 29.0 Å². The molecule has 4 rings (SSSR count). The van der Waals surface area contributed by atoms with Crippen molar-refractivity contribution in [2.75, 3.05) is 12.4 Å². The van der Waals surface area contributed by atoms with Gasteiger partial charge in [0, 0.05) is 28.9 Å². The van der Waals surface area contributed by atoms with Gasteiger partial charge in [-0.05, 0) is 68.1 Å². The molecule has 2 atom stereocenters. The Bertz CT molecular complexity index is 1140. The van der Waals surface area contributed by atoms with Gasteiger partial charge in [0.1, 0.15) is 5.75 Å². The Morgan fingerprint density at radius 2 is 1.76 bits per heavy atom. The van der Waals surface area contributed by atoms with E-state index < -0.39 is 0 Å². The van der Waals surface area contributed by atoms with Crippen LogP contribution in [-0.2, 0) is 0 Å². The Morgan fingerprint density at radius 3 is 2.39 bits per heavy atom. The molecule has 0 aliphatic heterocycles. The molecule has 172 valence electrons. The van der Waals surface area contributed by atoms with Crippen molar-refractivity contribution in [1.82, 2.24) is 15.1 Å². The second-order valence-corrected chi connectivity index (χ2v) is 8.90. The number of ether oxygens (including phenoxy) is 1. The summed E-state index contributed by atoms with van der Waals surface area (Å²) in [5.74, 6) is 1.48. The van der Waals surface area contributed by atoms with E-state index in [-0.39, 0.29) is 18.0 Å². The molecule has 1 heterocycles. The van der Waals surface area contributed by atoms with Crippen LogP contribution in [0.15, 0.2) is 60.7 Å². The fourth-order valence-corrected chi connectivity index (χ4v) is 4.47. The summed E-state index contributed by atoms with van der Waals surface area (Å²) in [6.07, 6.45) is 5.07. The van der Waals surface area contributed by atoms with Crippen molar-refractivity contribution >= 4 is 11.7 Å². The standard InChI is InChI=1S/C27H32N4O2/c1-17(2)20-7-12-24(13-8-20)31-19(4)26(18(3)30-31)21-6-9-23(16-21)29-27(32)28-22-10-14-25(33-5)15-11-22/h6-15,17,21,23H,16H2,1-5H3,(H2,28,29,32). The second-order valence-electron chi connectivity index (χ2n) is 8.90.